The Bertz CT molecular complexity index is 395. The molecule has 1 heterocycles. The first-order valence-electron chi connectivity index (χ1n) is 6.76. The third-order valence-electron chi connectivity index (χ3n) is 3.83. The van der Waals surface area contributed by atoms with Gasteiger partial charge < -0.3 is 5.11 Å². The number of hydrogen-bond acceptors (Lipinski definition) is 3. The number of aromatic carboxylic acids is 1. The van der Waals surface area contributed by atoms with Crippen molar-refractivity contribution in [1.82, 2.24) is 9.97 Å². The molecule has 0 radical (unpaired) electrons. The summed E-state index contributed by atoms with van der Waals surface area (Å²) < 4.78 is 0. The van der Waals surface area contributed by atoms with Gasteiger partial charge in [0, 0.05) is 18.3 Å². The topological polar surface area (TPSA) is 63.1 Å². The highest BCUT2D eigenvalue weighted by Gasteiger charge is 2.23. The molecule has 1 aromatic heterocycles. The van der Waals surface area contributed by atoms with Crippen molar-refractivity contribution < 1.29 is 9.90 Å². The smallest absolute Gasteiger partial charge is 0.338 e. The van der Waals surface area contributed by atoms with E-state index in [1.54, 1.807) is 0 Å². The summed E-state index contributed by atoms with van der Waals surface area (Å²) >= 11 is 0. The standard InChI is InChI=1S/C14H20N2O2/c1-2-3-10-4-6-11(7-5-10)13-15-8-12(9-16-13)14(17)18/h8-11H,2-7H2,1H3,(H,17,18). The molecule has 1 aliphatic rings. The predicted molar refractivity (Wildman–Crippen MR) is 68.6 cm³/mol. The summed E-state index contributed by atoms with van der Waals surface area (Å²) in [5, 5.41) is 8.80. The van der Waals surface area contributed by atoms with E-state index >= 15 is 0 Å². The molecule has 0 aliphatic heterocycles. The van der Waals surface area contributed by atoms with Crippen molar-refractivity contribution in [1.29, 1.82) is 0 Å². The van der Waals surface area contributed by atoms with E-state index in [9.17, 15) is 4.79 Å². The van der Waals surface area contributed by atoms with Gasteiger partial charge in [0.05, 0.1) is 5.56 Å². The van der Waals surface area contributed by atoms with Crippen LogP contribution in [-0.4, -0.2) is 21.0 Å². The first kappa shape index (κ1) is 13.0. The molecule has 1 aliphatic carbocycles. The third kappa shape index (κ3) is 3.06. The van der Waals surface area contributed by atoms with Crippen LogP contribution in [-0.2, 0) is 0 Å². The molecule has 1 aromatic rings. The van der Waals surface area contributed by atoms with Gasteiger partial charge in [-0.2, -0.15) is 0 Å². The lowest BCUT2D eigenvalue weighted by Gasteiger charge is -2.27. The fraction of sp³-hybridized carbons (Fsp3) is 0.643. The average molecular weight is 248 g/mol. The average Bonchev–Trinajstić information content (AvgIpc) is 2.40. The van der Waals surface area contributed by atoms with Crippen molar-refractivity contribution in [3.05, 3.63) is 23.8 Å². The maximum Gasteiger partial charge on any atom is 0.338 e. The summed E-state index contributed by atoms with van der Waals surface area (Å²) in [6.45, 7) is 2.24. The number of aromatic nitrogens is 2. The maximum atomic E-state index is 10.7. The lowest BCUT2D eigenvalue weighted by atomic mass is 9.80. The molecule has 18 heavy (non-hydrogen) atoms. The normalized spacial score (nSPS) is 23.8. The number of nitrogens with zero attached hydrogens (tertiary/aromatic N) is 2. The van der Waals surface area contributed by atoms with E-state index in [4.69, 9.17) is 5.11 Å². The zero-order chi connectivity index (χ0) is 13.0. The fourth-order valence-electron chi connectivity index (χ4n) is 2.78. The Morgan fingerprint density at radius 1 is 1.28 bits per heavy atom. The minimum atomic E-state index is -0.965. The number of carbonyl (C=O) groups is 1. The van der Waals surface area contributed by atoms with E-state index in [2.05, 4.69) is 16.9 Å². The zero-order valence-corrected chi connectivity index (χ0v) is 10.8. The van der Waals surface area contributed by atoms with Gasteiger partial charge in [0.25, 0.3) is 0 Å². The minimum absolute atomic E-state index is 0.165. The second kappa shape index (κ2) is 5.94. The Labute approximate surface area is 107 Å². The van der Waals surface area contributed by atoms with Crippen LogP contribution in [0.15, 0.2) is 12.4 Å². The molecule has 4 heteroatoms. The molecule has 2 rings (SSSR count). The minimum Gasteiger partial charge on any atom is -0.478 e. The van der Waals surface area contributed by atoms with E-state index in [1.807, 2.05) is 0 Å². The van der Waals surface area contributed by atoms with Gasteiger partial charge in [-0.05, 0) is 31.6 Å². The zero-order valence-electron chi connectivity index (χ0n) is 10.8. The van der Waals surface area contributed by atoms with Crippen LogP contribution < -0.4 is 0 Å². The van der Waals surface area contributed by atoms with Crippen molar-refractivity contribution in [3.63, 3.8) is 0 Å². The van der Waals surface area contributed by atoms with E-state index in [0.29, 0.717) is 5.92 Å². The molecule has 98 valence electrons. The Morgan fingerprint density at radius 3 is 2.39 bits per heavy atom. The fourth-order valence-corrected chi connectivity index (χ4v) is 2.78. The molecule has 0 bridgehead atoms. The van der Waals surface area contributed by atoms with Gasteiger partial charge in [0.2, 0.25) is 0 Å². The number of hydrogen-bond donors (Lipinski definition) is 1. The molecule has 0 saturated heterocycles. The van der Waals surface area contributed by atoms with Crippen molar-refractivity contribution in [2.24, 2.45) is 5.92 Å². The van der Waals surface area contributed by atoms with Crippen molar-refractivity contribution in [2.75, 3.05) is 0 Å². The van der Waals surface area contributed by atoms with Gasteiger partial charge in [-0.1, -0.05) is 19.8 Å². The molecule has 0 amide bonds. The Hall–Kier alpha value is -1.45. The van der Waals surface area contributed by atoms with E-state index < -0.39 is 5.97 Å². The summed E-state index contributed by atoms with van der Waals surface area (Å²) in [4.78, 5) is 19.1. The molecule has 0 unspecified atom stereocenters. The molecule has 1 fully saturated rings. The van der Waals surface area contributed by atoms with Crippen molar-refractivity contribution in [2.45, 2.75) is 51.4 Å². The van der Waals surface area contributed by atoms with Crippen LogP contribution in [0.2, 0.25) is 0 Å². The number of carboxylic acids is 1. The van der Waals surface area contributed by atoms with Gasteiger partial charge in [-0.25, -0.2) is 14.8 Å². The quantitative estimate of drug-likeness (QED) is 0.888. The molecule has 1 N–H and O–H groups in total. The first-order chi connectivity index (χ1) is 8.70. The summed E-state index contributed by atoms with van der Waals surface area (Å²) in [5.41, 5.74) is 0.165. The summed E-state index contributed by atoms with van der Waals surface area (Å²) in [6.07, 6.45) is 10.2. The second-order valence-corrected chi connectivity index (χ2v) is 5.14. The van der Waals surface area contributed by atoms with Crippen molar-refractivity contribution in [3.8, 4) is 0 Å². The highest BCUT2D eigenvalue weighted by Crippen LogP contribution is 2.35. The molecule has 0 aromatic carbocycles. The monoisotopic (exact) mass is 248 g/mol. The molecule has 4 nitrogen and oxygen atoms in total. The van der Waals surface area contributed by atoms with Crippen LogP contribution in [0.3, 0.4) is 0 Å². The van der Waals surface area contributed by atoms with Crippen molar-refractivity contribution >= 4 is 5.97 Å². The first-order valence-corrected chi connectivity index (χ1v) is 6.76. The van der Waals surface area contributed by atoms with Crippen LogP contribution in [0.25, 0.3) is 0 Å². The number of rotatable bonds is 4. The largest absolute Gasteiger partial charge is 0.478 e. The maximum absolute atomic E-state index is 10.7. The summed E-state index contributed by atoms with van der Waals surface area (Å²) in [5.74, 6) is 1.13. The van der Waals surface area contributed by atoms with Gasteiger partial charge >= 0.3 is 5.97 Å². The highest BCUT2D eigenvalue weighted by atomic mass is 16.4. The van der Waals surface area contributed by atoms with E-state index in [-0.39, 0.29) is 5.56 Å². The Morgan fingerprint density at radius 2 is 1.89 bits per heavy atom. The third-order valence-corrected chi connectivity index (χ3v) is 3.83. The van der Waals surface area contributed by atoms with Crippen LogP contribution >= 0.6 is 0 Å². The lowest BCUT2D eigenvalue weighted by molar-refractivity contribution is 0.0696. The van der Waals surface area contributed by atoms with E-state index in [0.717, 1.165) is 24.6 Å². The van der Waals surface area contributed by atoms with Crippen LogP contribution in [0.5, 0.6) is 0 Å². The van der Waals surface area contributed by atoms with Gasteiger partial charge in [-0.3, -0.25) is 0 Å². The SMILES string of the molecule is CCCC1CCC(c2ncc(C(=O)O)cn2)CC1. The lowest BCUT2D eigenvalue weighted by Crippen LogP contribution is -2.15. The Kier molecular flexibility index (Phi) is 4.28. The van der Waals surface area contributed by atoms with Crippen LogP contribution in [0, 0.1) is 5.92 Å². The van der Waals surface area contributed by atoms with Crippen LogP contribution in [0.4, 0.5) is 0 Å². The van der Waals surface area contributed by atoms with Gasteiger partial charge in [-0.15, -0.1) is 0 Å². The molecule has 0 atom stereocenters. The second-order valence-electron chi connectivity index (χ2n) is 5.14. The highest BCUT2D eigenvalue weighted by molar-refractivity contribution is 5.86. The molecular weight excluding hydrogens is 228 g/mol. The van der Waals surface area contributed by atoms with Gasteiger partial charge in [0.15, 0.2) is 0 Å². The van der Waals surface area contributed by atoms with Crippen LogP contribution in [0.1, 0.15) is 67.5 Å². The Balaban J connectivity index is 1.95. The molecular formula is C14H20N2O2. The molecule has 1 saturated carbocycles. The van der Waals surface area contributed by atoms with E-state index in [1.165, 1.54) is 38.1 Å². The summed E-state index contributed by atoms with van der Waals surface area (Å²) in [7, 11) is 0. The van der Waals surface area contributed by atoms with Gasteiger partial charge in [0.1, 0.15) is 5.82 Å². The predicted octanol–water partition coefficient (Wildman–Crippen LogP) is 3.25. The summed E-state index contributed by atoms with van der Waals surface area (Å²) in [6, 6.07) is 0. The number of carboxylic acid groups (broad SMARTS) is 1. The molecule has 0 spiro atoms.